The van der Waals surface area contributed by atoms with Gasteiger partial charge < -0.3 is 15.5 Å². The Balaban J connectivity index is 1.57. The molecule has 4 rings (SSSR count). The van der Waals surface area contributed by atoms with Crippen molar-refractivity contribution in [3.05, 3.63) is 46.1 Å². The Morgan fingerprint density at radius 1 is 1.20 bits per heavy atom. The predicted molar refractivity (Wildman–Crippen MR) is 114 cm³/mol. The van der Waals surface area contributed by atoms with Crippen LogP contribution in [0.5, 0.6) is 0 Å². The van der Waals surface area contributed by atoms with Crippen molar-refractivity contribution in [3.63, 3.8) is 0 Å². The lowest BCUT2D eigenvalue weighted by Gasteiger charge is -2.31. The van der Waals surface area contributed by atoms with Crippen LogP contribution in [0.3, 0.4) is 0 Å². The van der Waals surface area contributed by atoms with Crippen LogP contribution in [-0.2, 0) is 9.59 Å². The lowest BCUT2D eigenvalue weighted by Crippen LogP contribution is -2.50. The van der Waals surface area contributed by atoms with E-state index in [4.69, 9.17) is 11.6 Å². The van der Waals surface area contributed by atoms with Crippen LogP contribution in [0.1, 0.15) is 50.6 Å². The fraction of sp³-hybridized carbons (Fsp3) is 0.500. The highest BCUT2D eigenvalue weighted by molar-refractivity contribution is 6.31. The minimum atomic E-state index is -0.636. The summed E-state index contributed by atoms with van der Waals surface area (Å²) in [5.74, 6) is -0.389. The molecule has 0 aromatic heterocycles. The average Bonchev–Trinajstić information content (AvgIpc) is 3.09. The van der Waals surface area contributed by atoms with Gasteiger partial charge in [0.05, 0.1) is 23.9 Å². The van der Waals surface area contributed by atoms with Gasteiger partial charge in [0.25, 0.3) is 5.91 Å². The topological polar surface area (TPSA) is 81.8 Å². The fourth-order valence-electron chi connectivity index (χ4n) is 4.55. The van der Waals surface area contributed by atoms with E-state index in [-0.39, 0.29) is 30.4 Å². The zero-order valence-electron chi connectivity index (χ0n) is 17.3. The number of hydrogen-bond donors (Lipinski definition) is 2. The normalized spacial score (nSPS) is 23.4. The number of benzene rings is 1. The molecule has 2 aliphatic heterocycles. The van der Waals surface area contributed by atoms with E-state index >= 15 is 0 Å². The molecule has 4 amide bonds. The largest absolute Gasteiger partial charge is 0.352 e. The molecule has 2 heterocycles. The zero-order valence-corrected chi connectivity index (χ0v) is 18.0. The van der Waals surface area contributed by atoms with Crippen LogP contribution < -0.4 is 10.6 Å². The number of carbonyl (C=O) groups excluding carboxylic acids is 3. The van der Waals surface area contributed by atoms with Crippen LogP contribution >= 0.6 is 11.6 Å². The van der Waals surface area contributed by atoms with Crippen LogP contribution in [0, 0.1) is 0 Å². The van der Waals surface area contributed by atoms with Gasteiger partial charge in [-0.2, -0.15) is 0 Å². The van der Waals surface area contributed by atoms with Gasteiger partial charge >= 0.3 is 6.03 Å². The molecule has 0 radical (unpaired) electrons. The highest BCUT2D eigenvalue weighted by Crippen LogP contribution is 2.38. The summed E-state index contributed by atoms with van der Waals surface area (Å²) in [6, 6.07) is 5.78. The highest BCUT2D eigenvalue weighted by atomic mass is 35.5. The first-order valence-corrected chi connectivity index (χ1v) is 10.9. The number of rotatable bonds is 4. The molecule has 160 valence electrons. The molecule has 30 heavy (non-hydrogen) atoms. The molecule has 0 spiro atoms. The van der Waals surface area contributed by atoms with Crippen molar-refractivity contribution >= 4 is 29.4 Å². The molecule has 2 N–H and O–H groups in total. The van der Waals surface area contributed by atoms with Gasteiger partial charge in [0.1, 0.15) is 6.04 Å². The first kappa shape index (κ1) is 20.7. The molecule has 1 aliphatic carbocycles. The molecule has 2 atom stereocenters. The number of carbonyl (C=O) groups is 3. The van der Waals surface area contributed by atoms with Gasteiger partial charge in [-0.05, 0) is 31.4 Å². The van der Waals surface area contributed by atoms with Gasteiger partial charge in [0.15, 0.2) is 0 Å². The number of nitrogens with one attached hydrogen (secondary N) is 2. The van der Waals surface area contributed by atoms with Gasteiger partial charge in [-0.1, -0.05) is 49.1 Å². The third kappa shape index (κ3) is 3.67. The molecule has 0 bridgehead atoms. The van der Waals surface area contributed by atoms with Crippen LogP contribution in [0.4, 0.5) is 4.79 Å². The SMILES string of the molecule is C[C@@H](C(=O)NC1CCCCC1)N1CC2=C(C1=O)[C@@H](c1ccccc1Cl)NC(=O)N2C. The number of halogens is 1. The van der Waals surface area contributed by atoms with E-state index in [2.05, 4.69) is 10.6 Å². The monoisotopic (exact) mass is 430 g/mol. The maximum atomic E-state index is 13.4. The van der Waals surface area contributed by atoms with Crippen molar-refractivity contribution in [3.8, 4) is 0 Å². The molecule has 8 heteroatoms. The van der Waals surface area contributed by atoms with Gasteiger partial charge in [0, 0.05) is 18.1 Å². The molecule has 1 saturated carbocycles. The van der Waals surface area contributed by atoms with E-state index in [9.17, 15) is 14.4 Å². The zero-order chi connectivity index (χ0) is 21.4. The molecular formula is C22H27ClN4O3. The second kappa shape index (κ2) is 8.30. The lowest BCUT2D eigenvalue weighted by atomic mass is 9.95. The first-order chi connectivity index (χ1) is 14.4. The summed E-state index contributed by atoms with van der Waals surface area (Å²) < 4.78 is 0. The molecule has 1 aromatic rings. The highest BCUT2D eigenvalue weighted by Gasteiger charge is 2.45. The molecule has 1 fully saturated rings. The van der Waals surface area contributed by atoms with Crippen LogP contribution in [0.15, 0.2) is 35.5 Å². The minimum Gasteiger partial charge on any atom is -0.352 e. The van der Waals surface area contributed by atoms with Gasteiger partial charge in [0.2, 0.25) is 5.91 Å². The molecule has 0 saturated heterocycles. The fourth-order valence-corrected chi connectivity index (χ4v) is 4.80. The van der Waals surface area contributed by atoms with E-state index < -0.39 is 12.1 Å². The van der Waals surface area contributed by atoms with E-state index in [1.807, 2.05) is 6.07 Å². The Labute approximate surface area is 181 Å². The summed E-state index contributed by atoms with van der Waals surface area (Å²) in [6.07, 6.45) is 5.42. The van der Waals surface area contributed by atoms with Crippen LogP contribution in [-0.4, -0.2) is 53.3 Å². The quantitative estimate of drug-likeness (QED) is 0.770. The Hall–Kier alpha value is -2.54. The third-order valence-corrected chi connectivity index (χ3v) is 6.75. The van der Waals surface area contributed by atoms with Gasteiger partial charge in [-0.3, -0.25) is 14.5 Å². The number of urea groups is 1. The van der Waals surface area contributed by atoms with Crippen molar-refractivity contribution in [2.24, 2.45) is 0 Å². The Morgan fingerprint density at radius 3 is 2.60 bits per heavy atom. The van der Waals surface area contributed by atoms with E-state index in [1.165, 1.54) is 11.3 Å². The maximum absolute atomic E-state index is 13.4. The van der Waals surface area contributed by atoms with Gasteiger partial charge in [-0.25, -0.2) is 4.79 Å². The molecular weight excluding hydrogens is 404 g/mol. The second-order valence-electron chi connectivity index (χ2n) is 8.28. The molecule has 3 aliphatic rings. The van der Waals surface area contributed by atoms with Crippen molar-refractivity contribution in [1.82, 2.24) is 20.4 Å². The van der Waals surface area contributed by atoms with E-state index in [0.29, 0.717) is 21.9 Å². The lowest BCUT2D eigenvalue weighted by molar-refractivity contribution is -0.136. The average molecular weight is 431 g/mol. The summed E-state index contributed by atoms with van der Waals surface area (Å²) in [5, 5.41) is 6.46. The van der Waals surface area contributed by atoms with Crippen molar-refractivity contribution in [1.29, 1.82) is 0 Å². The summed E-state index contributed by atoms with van der Waals surface area (Å²) >= 11 is 6.36. The Morgan fingerprint density at radius 2 is 1.90 bits per heavy atom. The minimum absolute atomic E-state index is 0.147. The Bertz CT molecular complexity index is 909. The molecule has 1 aromatic carbocycles. The molecule has 0 unspecified atom stereocenters. The van der Waals surface area contributed by atoms with E-state index in [0.717, 1.165) is 25.7 Å². The first-order valence-electron chi connectivity index (χ1n) is 10.5. The predicted octanol–water partition coefficient (Wildman–Crippen LogP) is 2.97. The summed E-state index contributed by atoms with van der Waals surface area (Å²) in [4.78, 5) is 41.8. The third-order valence-electron chi connectivity index (χ3n) is 6.40. The van der Waals surface area contributed by atoms with Crippen LogP contribution in [0.25, 0.3) is 0 Å². The van der Waals surface area contributed by atoms with Crippen molar-refractivity contribution in [2.45, 2.75) is 57.2 Å². The van der Waals surface area contributed by atoms with Crippen molar-refractivity contribution in [2.75, 3.05) is 13.6 Å². The Kier molecular flexibility index (Phi) is 5.73. The number of hydrogen-bond acceptors (Lipinski definition) is 3. The van der Waals surface area contributed by atoms with Crippen molar-refractivity contribution < 1.29 is 14.4 Å². The summed E-state index contributed by atoms with van der Waals surface area (Å²) in [6.45, 7) is 1.96. The maximum Gasteiger partial charge on any atom is 0.322 e. The number of amides is 4. The van der Waals surface area contributed by atoms with E-state index in [1.54, 1.807) is 37.1 Å². The van der Waals surface area contributed by atoms with Gasteiger partial charge in [-0.15, -0.1) is 0 Å². The van der Waals surface area contributed by atoms with Crippen LogP contribution in [0.2, 0.25) is 5.02 Å². The summed E-state index contributed by atoms with van der Waals surface area (Å²) in [7, 11) is 1.64. The molecule has 7 nitrogen and oxygen atoms in total. The number of nitrogens with zero attached hydrogens (tertiary/aromatic N) is 2. The smallest absolute Gasteiger partial charge is 0.322 e. The standard InChI is InChI=1S/C22H27ClN4O3/c1-13(20(28)24-14-8-4-3-5-9-14)27-12-17-18(21(27)29)19(25-22(30)26(17)2)15-10-6-7-11-16(15)23/h6-7,10-11,13-14,19H,3-5,8-9,12H2,1-2H3,(H,24,28)(H,25,30)/t13-,19+/m0/s1. The second-order valence-corrected chi connectivity index (χ2v) is 8.68. The number of likely N-dealkylation sites (N-methyl/N-ethyl adjacent to an activating group) is 1. The summed E-state index contributed by atoms with van der Waals surface area (Å²) in [5.41, 5.74) is 1.76.